The van der Waals surface area contributed by atoms with Crippen LogP contribution >= 0.6 is 11.8 Å². The number of piperazine rings is 1. The van der Waals surface area contributed by atoms with Crippen LogP contribution in [0.1, 0.15) is 15.9 Å². The molecule has 4 nitrogen and oxygen atoms in total. The first-order valence-electron chi connectivity index (χ1n) is 6.40. The molecule has 0 unspecified atom stereocenters. The number of methoxy groups -OCH3 is 1. The summed E-state index contributed by atoms with van der Waals surface area (Å²) in [6, 6.07) is 3.89. The van der Waals surface area contributed by atoms with E-state index in [4.69, 9.17) is 4.74 Å². The number of aryl methyl sites for hydroxylation is 1. The molecule has 0 bridgehead atoms. The van der Waals surface area contributed by atoms with Crippen LogP contribution in [0.5, 0.6) is 5.75 Å². The van der Waals surface area contributed by atoms with E-state index in [-0.39, 0.29) is 5.91 Å². The lowest BCUT2D eigenvalue weighted by Crippen LogP contribution is -2.46. The Morgan fingerprint density at radius 2 is 2.05 bits per heavy atom. The van der Waals surface area contributed by atoms with Crippen molar-refractivity contribution in [2.75, 3.05) is 39.5 Å². The Morgan fingerprint density at radius 3 is 2.63 bits per heavy atom. The number of ether oxygens (including phenoxy) is 1. The number of carbonyl (C=O) groups is 1. The van der Waals surface area contributed by atoms with E-state index in [2.05, 4.69) is 5.32 Å². The Kier molecular flexibility index (Phi) is 4.71. The summed E-state index contributed by atoms with van der Waals surface area (Å²) < 4.78 is 5.37. The predicted molar refractivity (Wildman–Crippen MR) is 78.3 cm³/mol. The third-order valence-electron chi connectivity index (χ3n) is 3.35. The van der Waals surface area contributed by atoms with Crippen molar-refractivity contribution in [3.63, 3.8) is 0 Å². The summed E-state index contributed by atoms with van der Waals surface area (Å²) in [7, 11) is 1.61. The fraction of sp³-hybridized carbons (Fsp3) is 0.500. The average molecular weight is 280 g/mol. The van der Waals surface area contributed by atoms with Crippen LogP contribution in [0.3, 0.4) is 0 Å². The van der Waals surface area contributed by atoms with Gasteiger partial charge in [-0.3, -0.25) is 4.79 Å². The summed E-state index contributed by atoms with van der Waals surface area (Å²) in [6.07, 6.45) is 2.02. The lowest BCUT2D eigenvalue weighted by molar-refractivity contribution is 0.0732. The number of hydrogen-bond donors (Lipinski definition) is 1. The maximum Gasteiger partial charge on any atom is 0.257 e. The van der Waals surface area contributed by atoms with Gasteiger partial charge in [0.05, 0.1) is 12.7 Å². The number of thioether (sulfide) groups is 1. The highest BCUT2D eigenvalue weighted by atomic mass is 32.2. The molecule has 1 fully saturated rings. The Balaban J connectivity index is 2.33. The van der Waals surface area contributed by atoms with Gasteiger partial charge in [0.2, 0.25) is 0 Å². The van der Waals surface area contributed by atoms with Crippen molar-refractivity contribution in [2.24, 2.45) is 0 Å². The number of hydrogen-bond acceptors (Lipinski definition) is 4. The molecule has 0 atom stereocenters. The van der Waals surface area contributed by atoms with Crippen LogP contribution in [-0.2, 0) is 0 Å². The monoisotopic (exact) mass is 280 g/mol. The maximum absolute atomic E-state index is 12.6. The zero-order valence-corrected chi connectivity index (χ0v) is 12.5. The molecular formula is C14H20N2O2S. The molecule has 0 aliphatic carbocycles. The Hall–Kier alpha value is -1.20. The summed E-state index contributed by atoms with van der Waals surface area (Å²) in [6.45, 7) is 5.26. The summed E-state index contributed by atoms with van der Waals surface area (Å²) in [4.78, 5) is 15.6. The van der Waals surface area contributed by atoms with Crippen LogP contribution in [0.2, 0.25) is 0 Å². The first-order chi connectivity index (χ1) is 9.17. The van der Waals surface area contributed by atoms with Gasteiger partial charge in [-0.15, -0.1) is 11.8 Å². The third kappa shape index (κ3) is 3.04. The lowest BCUT2D eigenvalue weighted by atomic mass is 10.1. The summed E-state index contributed by atoms with van der Waals surface area (Å²) >= 11 is 1.65. The minimum absolute atomic E-state index is 0.0636. The van der Waals surface area contributed by atoms with E-state index in [9.17, 15) is 4.79 Å². The number of benzene rings is 1. The second-order valence-corrected chi connectivity index (χ2v) is 5.41. The zero-order chi connectivity index (χ0) is 13.8. The Bertz CT molecular complexity index is 471. The van der Waals surface area contributed by atoms with Crippen molar-refractivity contribution in [3.05, 3.63) is 23.3 Å². The molecule has 0 saturated carbocycles. The molecular weight excluding hydrogens is 260 g/mol. The van der Waals surface area contributed by atoms with Crippen LogP contribution in [0.4, 0.5) is 0 Å². The molecule has 1 aliphatic heterocycles. The topological polar surface area (TPSA) is 41.6 Å². The van der Waals surface area contributed by atoms with Crippen LogP contribution < -0.4 is 10.1 Å². The largest absolute Gasteiger partial charge is 0.496 e. The van der Waals surface area contributed by atoms with E-state index >= 15 is 0 Å². The van der Waals surface area contributed by atoms with Crippen LogP contribution in [0.15, 0.2) is 17.0 Å². The van der Waals surface area contributed by atoms with Gasteiger partial charge in [0, 0.05) is 31.1 Å². The zero-order valence-electron chi connectivity index (χ0n) is 11.7. The molecule has 5 heteroatoms. The Labute approximate surface area is 118 Å². The highest BCUT2D eigenvalue weighted by molar-refractivity contribution is 7.98. The number of carbonyl (C=O) groups excluding carboxylic acids is 1. The van der Waals surface area contributed by atoms with Crippen molar-refractivity contribution in [3.8, 4) is 5.75 Å². The highest BCUT2D eigenvalue weighted by Crippen LogP contribution is 2.29. The number of rotatable bonds is 3. The van der Waals surface area contributed by atoms with Gasteiger partial charge < -0.3 is 15.0 Å². The van der Waals surface area contributed by atoms with Crippen LogP contribution in [-0.4, -0.2) is 50.4 Å². The molecule has 1 aromatic rings. The van der Waals surface area contributed by atoms with Gasteiger partial charge in [-0.2, -0.15) is 0 Å². The van der Waals surface area contributed by atoms with Gasteiger partial charge in [-0.05, 0) is 30.9 Å². The van der Waals surface area contributed by atoms with Crippen molar-refractivity contribution >= 4 is 17.7 Å². The van der Waals surface area contributed by atoms with E-state index in [0.29, 0.717) is 11.3 Å². The fourth-order valence-electron chi connectivity index (χ4n) is 2.26. The van der Waals surface area contributed by atoms with Gasteiger partial charge in [0.1, 0.15) is 5.75 Å². The first kappa shape index (κ1) is 14.2. The molecule has 1 amide bonds. The molecule has 1 aromatic carbocycles. The van der Waals surface area contributed by atoms with Gasteiger partial charge in [-0.25, -0.2) is 0 Å². The molecule has 2 rings (SSSR count). The second-order valence-electron chi connectivity index (χ2n) is 4.56. The van der Waals surface area contributed by atoms with Crippen LogP contribution in [0, 0.1) is 6.92 Å². The first-order valence-corrected chi connectivity index (χ1v) is 7.62. The Morgan fingerprint density at radius 1 is 1.37 bits per heavy atom. The summed E-state index contributed by atoms with van der Waals surface area (Å²) in [5, 5.41) is 3.25. The maximum atomic E-state index is 12.6. The highest BCUT2D eigenvalue weighted by Gasteiger charge is 2.22. The fourth-order valence-corrected chi connectivity index (χ4v) is 2.87. The van der Waals surface area contributed by atoms with E-state index < -0.39 is 0 Å². The molecule has 0 radical (unpaired) electrons. The van der Waals surface area contributed by atoms with Crippen molar-refractivity contribution in [1.82, 2.24) is 10.2 Å². The molecule has 0 spiro atoms. The van der Waals surface area contributed by atoms with Gasteiger partial charge >= 0.3 is 0 Å². The van der Waals surface area contributed by atoms with Crippen molar-refractivity contribution in [1.29, 1.82) is 0 Å². The quantitative estimate of drug-likeness (QED) is 0.857. The molecule has 1 N–H and O–H groups in total. The average Bonchev–Trinajstić information content (AvgIpc) is 2.47. The molecule has 1 heterocycles. The van der Waals surface area contributed by atoms with E-state index in [1.54, 1.807) is 18.9 Å². The second kappa shape index (κ2) is 6.30. The molecule has 1 aliphatic rings. The predicted octanol–water partition coefficient (Wildman–Crippen LogP) is 1.77. The molecule has 0 aromatic heterocycles. The minimum Gasteiger partial charge on any atom is -0.496 e. The molecule has 104 valence electrons. The number of nitrogens with zero attached hydrogens (tertiary/aromatic N) is 1. The van der Waals surface area contributed by atoms with Gasteiger partial charge in [0.25, 0.3) is 5.91 Å². The van der Waals surface area contributed by atoms with Gasteiger partial charge in [0.15, 0.2) is 0 Å². The van der Waals surface area contributed by atoms with Gasteiger partial charge in [-0.1, -0.05) is 0 Å². The van der Waals surface area contributed by atoms with Crippen LogP contribution in [0.25, 0.3) is 0 Å². The lowest BCUT2D eigenvalue weighted by Gasteiger charge is -2.28. The SMILES string of the molecule is COc1cc(C)c(SC)cc1C(=O)N1CCNCC1. The molecule has 19 heavy (non-hydrogen) atoms. The van der Waals surface area contributed by atoms with E-state index in [0.717, 1.165) is 36.6 Å². The minimum atomic E-state index is 0.0636. The standard InChI is InChI=1S/C14H20N2O2S/c1-10-8-12(18-2)11(9-13(10)19-3)14(17)16-6-4-15-5-7-16/h8-9,15H,4-7H2,1-3H3. The smallest absolute Gasteiger partial charge is 0.257 e. The van der Waals surface area contributed by atoms with Crippen molar-refractivity contribution < 1.29 is 9.53 Å². The number of nitrogens with one attached hydrogen (secondary N) is 1. The molecule has 1 saturated heterocycles. The van der Waals surface area contributed by atoms with E-state index in [1.807, 2.05) is 30.2 Å². The third-order valence-corrected chi connectivity index (χ3v) is 4.23. The summed E-state index contributed by atoms with van der Waals surface area (Å²) in [5.41, 5.74) is 1.81. The van der Waals surface area contributed by atoms with E-state index in [1.165, 1.54) is 0 Å². The number of amides is 1. The normalized spacial score (nSPS) is 15.4. The summed E-state index contributed by atoms with van der Waals surface area (Å²) in [5.74, 6) is 0.729. The van der Waals surface area contributed by atoms with Crippen molar-refractivity contribution in [2.45, 2.75) is 11.8 Å².